The number of nitrogens with zero attached hydrogens (tertiary/aromatic N) is 1. The number of hydrazone groups is 1. The van der Waals surface area contributed by atoms with Crippen molar-refractivity contribution in [3.05, 3.63) is 57.6 Å². The van der Waals surface area contributed by atoms with Gasteiger partial charge in [0.1, 0.15) is 5.75 Å². The number of para-hydroxylation sites is 1. The number of carbonyl (C=O) groups is 1. The molecule has 0 aliphatic carbocycles. The Labute approximate surface area is 137 Å². The number of phenolic OH excluding ortho intramolecular Hbond substituents is 1. The molecule has 114 valence electrons. The van der Waals surface area contributed by atoms with E-state index in [-0.39, 0.29) is 16.7 Å². The Hall–Kier alpha value is -2.24. The van der Waals surface area contributed by atoms with E-state index in [1.807, 2.05) is 6.07 Å². The summed E-state index contributed by atoms with van der Waals surface area (Å²) in [5, 5.41) is 17.0. The first-order chi connectivity index (χ1) is 10.5. The van der Waals surface area contributed by atoms with Crippen LogP contribution >= 0.6 is 23.2 Å². The number of hydrogen-bond acceptors (Lipinski definition) is 4. The van der Waals surface area contributed by atoms with Crippen molar-refractivity contribution in [3.8, 4) is 5.75 Å². The predicted octanol–water partition coefficient (Wildman–Crippen LogP) is 3.50. The summed E-state index contributed by atoms with van der Waals surface area (Å²) in [5.41, 5.74) is 3.83. The first-order valence-corrected chi connectivity index (χ1v) is 7.06. The van der Waals surface area contributed by atoms with Crippen LogP contribution in [0.4, 0.5) is 5.69 Å². The Kier molecular flexibility index (Phi) is 5.25. The predicted molar refractivity (Wildman–Crippen MR) is 89.2 cm³/mol. The highest BCUT2D eigenvalue weighted by Crippen LogP contribution is 2.29. The molecule has 0 aliphatic heterocycles. The normalized spacial score (nSPS) is 10.7. The zero-order valence-electron chi connectivity index (χ0n) is 11.6. The Balaban J connectivity index is 2.14. The fourth-order valence-electron chi connectivity index (χ4n) is 1.80. The van der Waals surface area contributed by atoms with Crippen molar-refractivity contribution in [1.29, 1.82) is 0 Å². The van der Waals surface area contributed by atoms with Crippen LogP contribution in [0.5, 0.6) is 5.75 Å². The third-order valence-corrected chi connectivity index (χ3v) is 3.37. The average Bonchev–Trinajstić information content (AvgIpc) is 2.51. The van der Waals surface area contributed by atoms with Gasteiger partial charge in [0, 0.05) is 23.3 Å². The fourth-order valence-corrected chi connectivity index (χ4v) is 2.31. The van der Waals surface area contributed by atoms with Gasteiger partial charge in [-0.1, -0.05) is 35.3 Å². The molecule has 0 aromatic heterocycles. The van der Waals surface area contributed by atoms with E-state index >= 15 is 0 Å². The van der Waals surface area contributed by atoms with Gasteiger partial charge in [-0.2, -0.15) is 5.10 Å². The van der Waals surface area contributed by atoms with Gasteiger partial charge < -0.3 is 10.4 Å². The minimum Gasteiger partial charge on any atom is -0.506 e. The highest BCUT2D eigenvalue weighted by atomic mass is 35.5. The number of carbonyl (C=O) groups excluding carboxylic acids is 1. The summed E-state index contributed by atoms with van der Waals surface area (Å²) in [5.74, 6) is -0.534. The molecule has 0 atom stereocenters. The lowest BCUT2D eigenvalue weighted by Crippen LogP contribution is -2.19. The van der Waals surface area contributed by atoms with Gasteiger partial charge in [-0.3, -0.25) is 4.79 Å². The van der Waals surface area contributed by atoms with Gasteiger partial charge in [0.2, 0.25) is 0 Å². The summed E-state index contributed by atoms with van der Waals surface area (Å²) in [4.78, 5) is 12.1. The van der Waals surface area contributed by atoms with Gasteiger partial charge in [0.05, 0.1) is 16.8 Å². The molecule has 0 saturated carbocycles. The van der Waals surface area contributed by atoms with Gasteiger partial charge >= 0.3 is 0 Å². The number of aromatic hydroxyl groups is 1. The van der Waals surface area contributed by atoms with E-state index in [4.69, 9.17) is 23.2 Å². The summed E-state index contributed by atoms with van der Waals surface area (Å²) in [6.07, 6.45) is 1.27. The zero-order chi connectivity index (χ0) is 16.1. The van der Waals surface area contributed by atoms with Crippen LogP contribution in [0.25, 0.3) is 0 Å². The second-order valence-corrected chi connectivity index (χ2v) is 5.16. The smallest absolute Gasteiger partial charge is 0.273 e. The maximum atomic E-state index is 12.1. The van der Waals surface area contributed by atoms with Crippen molar-refractivity contribution in [3.63, 3.8) is 0 Å². The SMILES string of the molecule is CNc1ccccc1C(=O)N/N=C\c1cc(Cl)cc(Cl)c1O. The van der Waals surface area contributed by atoms with Crippen molar-refractivity contribution in [2.75, 3.05) is 12.4 Å². The molecule has 2 rings (SSSR count). The molecule has 0 saturated heterocycles. The van der Waals surface area contributed by atoms with Gasteiger partial charge in [0.15, 0.2) is 0 Å². The molecule has 22 heavy (non-hydrogen) atoms. The van der Waals surface area contributed by atoms with Crippen LogP contribution in [0.3, 0.4) is 0 Å². The number of phenols is 1. The van der Waals surface area contributed by atoms with Gasteiger partial charge in [0.25, 0.3) is 5.91 Å². The van der Waals surface area contributed by atoms with Crippen molar-refractivity contribution in [2.24, 2.45) is 5.10 Å². The highest BCUT2D eigenvalue weighted by molar-refractivity contribution is 6.36. The van der Waals surface area contributed by atoms with E-state index in [9.17, 15) is 9.90 Å². The zero-order valence-corrected chi connectivity index (χ0v) is 13.1. The Morgan fingerprint density at radius 1 is 1.27 bits per heavy atom. The van der Waals surface area contributed by atoms with Crippen LogP contribution in [0.2, 0.25) is 10.0 Å². The Bertz CT molecular complexity index is 733. The monoisotopic (exact) mass is 337 g/mol. The van der Waals surface area contributed by atoms with E-state index in [2.05, 4.69) is 15.8 Å². The molecule has 0 heterocycles. The summed E-state index contributed by atoms with van der Waals surface area (Å²) < 4.78 is 0. The molecule has 0 fully saturated rings. The largest absolute Gasteiger partial charge is 0.506 e. The number of nitrogens with one attached hydrogen (secondary N) is 2. The molecule has 0 bridgehead atoms. The van der Waals surface area contributed by atoms with Crippen molar-refractivity contribution >= 4 is 41.0 Å². The number of halogens is 2. The standard InChI is InChI=1S/C15H13Cl2N3O2/c1-18-13-5-3-2-4-11(13)15(22)20-19-8-9-6-10(16)7-12(17)14(9)21/h2-8,18,21H,1H3,(H,20,22)/b19-8-. The summed E-state index contributed by atoms with van der Waals surface area (Å²) in [6, 6.07) is 9.92. The maximum absolute atomic E-state index is 12.1. The van der Waals surface area contributed by atoms with Gasteiger partial charge in [-0.15, -0.1) is 0 Å². The molecular formula is C15H13Cl2N3O2. The van der Waals surface area contributed by atoms with E-state index in [0.717, 1.165) is 0 Å². The lowest BCUT2D eigenvalue weighted by Gasteiger charge is -2.07. The highest BCUT2D eigenvalue weighted by Gasteiger charge is 2.09. The molecule has 2 aromatic rings. The van der Waals surface area contributed by atoms with Crippen molar-refractivity contribution < 1.29 is 9.90 Å². The van der Waals surface area contributed by atoms with E-state index in [1.165, 1.54) is 18.3 Å². The minimum atomic E-state index is -0.381. The first-order valence-electron chi connectivity index (χ1n) is 6.31. The topological polar surface area (TPSA) is 73.7 Å². The number of benzene rings is 2. The number of hydrogen-bond donors (Lipinski definition) is 3. The van der Waals surface area contributed by atoms with Crippen LogP contribution < -0.4 is 10.7 Å². The summed E-state index contributed by atoms with van der Waals surface area (Å²) in [7, 11) is 1.72. The minimum absolute atomic E-state index is 0.112. The van der Waals surface area contributed by atoms with Crippen LogP contribution in [-0.4, -0.2) is 24.3 Å². The molecule has 2 aromatic carbocycles. The fraction of sp³-hybridized carbons (Fsp3) is 0.0667. The van der Waals surface area contributed by atoms with Crippen LogP contribution in [0.15, 0.2) is 41.5 Å². The third kappa shape index (κ3) is 3.69. The second-order valence-electron chi connectivity index (χ2n) is 4.32. The van der Waals surface area contributed by atoms with E-state index in [1.54, 1.807) is 25.2 Å². The molecule has 1 amide bonds. The molecule has 0 spiro atoms. The number of amides is 1. The van der Waals surface area contributed by atoms with Crippen molar-refractivity contribution in [1.82, 2.24) is 5.43 Å². The second kappa shape index (κ2) is 7.15. The third-order valence-electron chi connectivity index (χ3n) is 2.87. The first kappa shape index (κ1) is 16.1. The van der Waals surface area contributed by atoms with E-state index < -0.39 is 0 Å². The van der Waals surface area contributed by atoms with Crippen molar-refractivity contribution in [2.45, 2.75) is 0 Å². The van der Waals surface area contributed by atoms with Crippen LogP contribution in [0, 0.1) is 0 Å². The van der Waals surface area contributed by atoms with Crippen LogP contribution in [0.1, 0.15) is 15.9 Å². The average molecular weight is 338 g/mol. The Morgan fingerprint density at radius 2 is 2.00 bits per heavy atom. The number of rotatable bonds is 4. The molecule has 0 radical (unpaired) electrons. The maximum Gasteiger partial charge on any atom is 0.273 e. The van der Waals surface area contributed by atoms with E-state index in [0.29, 0.717) is 21.8 Å². The summed E-state index contributed by atoms with van der Waals surface area (Å²) in [6.45, 7) is 0. The molecule has 5 nitrogen and oxygen atoms in total. The molecular weight excluding hydrogens is 325 g/mol. The molecule has 3 N–H and O–H groups in total. The molecule has 0 unspecified atom stereocenters. The van der Waals surface area contributed by atoms with Gasteiger partial charge in [-0.05, 0) is 24.3 Å². The molecule has 7 heteroatoms. The quantitative estimate of drug-likeness (QED) is 0.590. The van der Waals surface area contributed by atoms with Crippen LogP contribution in [-0.2, 0) is 0 Å². The lowest BCUT2D eigenvalue weighted by molar-refractivity contribution is 0.0956. The summed E-state index contributed by atoms with van der Waals surface area (Å²) >= 11 is 11.7. The van der Waals surface area contributed by atoms with Gasteiger partial charge in [-0.25, -0.2) is 5.43 Å². The lowest BCUT2D eigenvalue weighted by atomic mass is 10.1. The molecule has 0 aliphatic rings. The Morgan fingerprint density at radius 3 is 2.73 bits per heavy atom. The number of anilines is 1.